The molecule has 0 fully saturated rings. The van der Waals surface area contributed by atoms with Gasteiger partial charge in [-0.2, -0.15) is 5.10 Å². The largest absolute Gasteiger partial charge is 0.384 e. The molecule has 0 aliphatic carbocycles. The van der Waals surface area contributed by atoms with Crippen molar-refractivity contribution in [2.75, 3.05) is 0 Å². The summed E-state index contributed by atoms with van der Waals surface area (Å²) in [5, 5.41) is 11.8. The highest BCUT2D eigenvalue weighted by molar-refractivity contribution is 5.95. The highest BCUT2D eigenvalue weighted by Gasteiger charge is 2.06. The average Bonchev–Trinajstić information content (AvgIpc) is 2.78. The van der Waals surface area contributed by atoms with Crippen molar-refractivity contribution in [2.24, 2.45) is 5.73 Å². The topological polar surface area (TPSA) is 80.6 Å². The third kappa shape index (κ3) is 2.33. The molecule has 0 amide bonds. The number of amidine groups is 1. The van der Waals surface area contributed by atoms with E-state index in [0.29, 0.717) is 17.3 Å². The molecule has 5 heteroatoms. The molecule has 2 aromatic heterocycles. The molecule has 0 atom stereocenters. The van der Waals surface area contributed by atoms with E-state index >= 15 is 0 Å². The SMILES string of the molecule is CC(C)c1ccn(-c2cc(C(=N)N)ccn2)n1. The summed E-state index contributed by atoms with van der Waals surface area (Å²) in [7, 11) is 0. The first kappa shape index (κ1) is 11.3. The molecule has 0 radical (unpaired) electrons. The molecule has 0 saturated carbocycles. The van der Waals surface area contributed by atoms with E-state index in [2.05, 4.69) is 23.9 Å². The van der Waals surface area contributed by atoms with Crippen LogP contribution in [0.25, 0.3) is 5.82 Å². The van der Waals surface area contributed by atoms with E-state index in [1.807, 2.05) is 12.3 Å². The quantitative estimate of drug-likeness (QED) is 0.620. The Bertz CT molecular complexity index is 541. The second-order valence-electron chi connectivity index (χ2n) is 4.16. The maximum atomic E-state index is 7.39. The van der Waals surface area contributed by atoms with Crippen LogP contribution in [0.15, 0.2) is 30.6 Å². The van der Waals surface area contributed by atoms with E-state index in [-0.39, 0.29) is 5.84 Å². The van der Waals surface area contributed by atoms with Gasteiger partial charge in [-0.1, -0.05) is 13.8 Å². The Morgan fingerprint density at radius 1 is 1.41 bits per heavy atom. The van der Waals surface area contributed by atoms with E-state index in [0.717, 1.165) is 5.69 Å². The lowest BCUT2D eigenvalue weighted by molar-refractivity contribution is 0.757. The van der Waals surface area contributed by atoms with Gasteiger partial charge in [0.25, 0.3) is 0 Å². The molecular formula is C12H15N5. The fourth-order valence-electron chi connectivity index (χ4n) is 1.48. The first-order chi connectivity index (χ1) is 8.08. The van der Waals surface area contributed by atoms with Gasteiger partial charge in [0.1, 0.15) is 5.84 Å². The number of nitrogens with two attached hydrogens (primary N) is 1. The van der Waals surface area contributed by atoms with Crippen molar-refractivity contribution in [1.29, 1.82) is 5.41 Å². The Kier molecular flexibility index (Phi) is 2.91. The van der Waals surface area contributed by atoms with E-state index in [1.54, 1.807) is 23.0 Å². The monoisotopic (exact) mass is 229 g/mol. The maximum Gasteiger partial charge on any atom is 0.153 e. The molecule has 0 saturated heterocycles. The molecule has 0 aliphatic rings. The standard InChI is InChI=1S/C12H15N5/c1-8(2)10-4-6-17(16-10)11-7-9(12(13)14)3-5-15-11/h3-8H,1-2H3,(H3,13,14). The lowest BCUT2D eigenvalue weighted by Gasteiger charge is -2.03. The summed E-state index contributed by atoms with van der Waals surface area (Å²) in [4.78, 5) is 4.21. The summed E-state index contributed by atoms with van der Waals surface area (Å²) in [5.41, 5.74) is 7.10. The number of hydrogen-bond acceptors (Lipinski definition) is 3. The number of nitrogens with zero attached hydrogens (tertiary/aromatic N) is 3. The number of pyridine rings is 1. The Morgan fingerprint density at radius 3 is 2.76 bits per heavy atom. The third-order valence-electron chi connectivity index (χ3n) is 2.49. The van der Waals surface area contributed by atoms with Gasteiger partial charge in [0.15, 0.2) is 5.82 Å². The molecule has 0 aromatic carbocycles. The molecule has 2 aromatic rings. The zero-order valence-electron chi connectivity index (χ0n) is 9.88. The van der Waals surface area contributed by atoms with Gasteiger partial charge in [0, 0.05) is 18.0 Å². The van der Waals surface area contributed by atoms with Crippen LogP contribution in [0.2, 0.25) is 0 Å². The van der Waals surface area contributed by atoms with Crippen molar-refractivity contribution in [1.82, 2.24) is 14.8 Å². The zero-order valence-corrected chi connectivity index (χ0v) is 9.88. The second-order valence-corrected chi connectivity index (χ2v) is 4.16. The van der Waals surface area contributed by atoms with Gasteiger partial charge in [-0.3, -0.25) is 5.41 Å². The lowest BCUT2D eigenvalue weighted by Crippen LogP contribution is -2.12. The van der Waals surface area contributed by atoms with Gasteiger partial charge in [-0.15, -0.1) is 0 Å². The molecule has 2 rings (SSSR count). The van der Waals surface area contributed by atoms with Gasteiger partial charge in [0.05, 0.1) is 5.69 Å². The van der Waals surface area contributed by atoms with Gasteiger partial charge in [0.2, 0.25) is 0 Å². The van der Waals surface area contributed by atoms with Crippen molar-refractivity contribution in [3.63, 3.8) is 0 Å². The molecule has 0 unspecified atom stereocenters. The number of nitrogens with one attached hydrogen (secondary N) is 1. The first-order valence-electron chi connectivity index (χ1n) is 5.44. The predicted octanol–water partition coefficient (Wildman–Crippen LogP) is 1.67. The van der Waals surface area contributed by atoms with E-state index in [9.17, 15) is 0 Å². The van der Waals surface area contributed by atoms with Crippen LogP contribution in [0.1, 0.15) is 31.0 Å². The summed E-state index contributed by atoms with van der Waals surface area (Å²) in [6, 6.07) is 5.42. The van der Waals surface area contributed by atoms with Crippen LogP contribution in [0, 0.1) is 5.41 Å². The van der Waals surface area contributed by atoms with E-state index < -0.39 is 0 Å². The molecule has 88 valence electrons. The molecule has 17 heavy (non-hydrogen) atoms. The normalized spacial score (nSPS) is 10.8. The van der Waals surface area contributed by atoms with Crippen LogP contribution >= 0.6 is 0 Å². The van der Waals surface area contributed by atoms with E-state index in [1.165, 1.54) is 0 Å². The Morgan fingerprint density at radius 2 is 2.18 bits per heavy atom. The zero-order chi connectivity index (χ0) is 12.4. The van der Waals surface area contributed by atoms with Crippen molar-refractivity contribution < 1.29 is 0 Å². The van der Waals surface area contributed by atoms with Crippen LogP contribution in [-0.4, -0.2) is 20.6 Å². The predicted molar refractivity (Wildman–Crippen MR) is 66.5 cm³/mol. The minimum atomic E-state index is 0.0323. The van der Waals surface area contributed by atoms with E-state index in [4.69, 9.17) is 11.1 Å². The number of rotatable bonds is 3. The molecule has 0 bridgehead atoms. The van der Waals surface area contributed by atoms with Crippen LogP contribution in [0.3, 0.4) is 0 Å². The lowest BCUT2D eigenvalue weighted by atomic mass is 10.1. The maximum absolute atomic E-state index is 7.39. The minimum absolute atomic E-state index is 0.0323. The fraction of sp³-hybridized carbons (Fsp3) is 0.250. The van der Waals surface area contributed by atoms with Gasteiger partial charge < -0.3 is 5.73 Å². The third-order valence-corrected chi connectivity index (χ3v) is 2.49. The van der Waals surface area contributed by atoms with Crippen LogP contribution in [0.4, 0.5) is 0 Å². The van der Waals surface area contributed by atoms with Crippen LogP contribution in [-0.2, 0) is 0 Å². The second kappa shape index (κ2) is 4.37. The number of aromatic nitrogens is 3. The van der Waals surface area contributed by atoms with Crippen LogP contribution in [0.5, 0.6) is 0 Å². The van der Waals surface area contributed by atoms with Crippen molar-refractivity contribution in [3.05, 3.63) is 41.9 Å². The summed E-state index contributed by atoms with van der Waals surface area (Å²) < 4.78 is 1.70. The Labute approximate surface area is 99.8 Å². The summed E-state index contributed by atoms with van der Waals surface area (Å²) in [6.07, 6.45) is 3.49. The molecular weight excluding hydrogens is 214 g/mol. The van der Waals surface area contributed by atoms with Crippen molar-refractivity contribution >= 4 is 5.84 Å². The minimum Gasteiger partial charge on any atom is -0.384 e. The van der Waals surface area contributed by atoms with Crippen LogP contribution < -0.4 is 5.73 Å². The molecule has 3 N–H and O–H groups in total. The molecule has 5 nitrogen and oxygen atoms in total. The number of nitrogen functional groups attached to an aromatic ring is 1. The highest BCUT2D eigenvalue weighted by atomic mass is 15.3. The summed E-state index contributed by atoms with van der Waals surface area (Å²) in [6.45, 7) is 4.18. The van der Waals surface area contributed by atoms with Gasteiger partial charge in [-0.05, 0) is 24.1 Å². The van der Waals surface area contributed by atoms with Crippen molar-refractivity contribution in [3.8, 4) is 5.82 Å². The van der Waals surface area contributed by atoms with Crippen molar-refractivity contribution in [2.45, 2.75) is 19.8 Å². The summed E-state index contributed by atoms with van der Waals surface area (Å²) in [5.74, 6) is 1.08. The fourth-order valence-corrected chi connectivity index (χ4v) is 1.48. The highest BCUT2D eigenvalue weighted by Crippen LogP contribution is 2.13. The molecule has 2 heterocycles. The smallest absolute Gasteiger partial charge is 0.153 e. The molecule has 0 spiro atoms. The Hall–Kier alpha value is -2.17. The molecule has 0 aliphatic heterocycles. The van der Waals surface area contributed by atoms with Gasteiger partial charge >= 0.3 is 0 Å². The average molecular weight is 229 g/mol. The number of hydrogen-bond donors (Lipinski definition) is 2. The Balaban J connectivity index is 2.38. The summed E-state index contributed by atoms with van der Waals surface area (Å²) >= 11 is 0. The first-order valence-corrected chi connectivity index (χ1v) is 5.44. The van der Waals surface area contributed by atoms with Gasteiger partial charge in [-0.25, -0.2) is 9.67 Å².